The second kappa shape index (κ2) is 4.49. The molecule has 1 aromatic heterocycles. The SMILES string of the molecule is CC1(C)C(=O)NCCN1c1nnccc1C(N)=S. The summed E-state index contributed by atoms with van der Waals surface area (Å²) < 4.78 is 0. The maximum absolute atomic E-state index is 11.9. The number of thiocarbonyl (C=S) groups is 1. The number of aromatic nitrogens is 2. The fraction of sp³-hybridized carbons (Fsp3) is 0.455. The van der Waals surface area contributed by atoms with Crippen LogP contribution >= 0.6 is 12.2 Å². The minimum atomic E-state index is -0.701. The Labute approximate surface area is 111 Å². The lowest BCUT2D eigenvalue weighted by molar-refractivity contribution is -0.126. The van der Waals surface area contributed by atoms with Gasteiger partial charge in [-0.05, 0) is 19.9 Å². The molecule has 0 radical (unpaired) electrons. The summed E-state index contributed by atoms with van der Waals surface area (Å²) >= 11 is 5.01. The molecule has 6 nitrogen and oxygen atoms in total. The molecule has 1 aliphatic heterocycles. The number of rotatable bonds is 2. The highest BCUT2D eigenvalue weighted by Gasteiger charge is 2.39. The summed E-state index contributed by atoms with van der Waals surface area (Å²) in [4.78, 5) is 14.0. The first kappa shape index (κ1) is 12.7. The van der Waals surface area contributed by atoms with Crippen molar-refractivity contribution < 1.29 is 4.79 Å². The summed E-state index contributed by atoms with van der Waals surface area (Å²) in [5.41, 5.74) is 5.62. The molecular formula is C11H15N5OS. The Bertz CT molecular complexity index is 502. The number of nitrogens with zero attached hydrogens (tertiary/aromatic N) is 3. The highest BCUT2D eigenvalue weighted by molar-refractivity contribution is 7.80. The first-order valence-electron chi connectivity index (χ1n) is 5.62. The van der Waals surface area contributed by atoms with Crippen molar-refractivity contribution in [3.63, 3.8) is 0 Å². The second-order valence-corrected chi connectivity index (χ2v) is 5.04. The Morgan fingerprint density at radius 3 is 3.00 bits per heavy atom. The van der Waals surface area contributed by atoms with Gasteiger partial charge in [-0.25, -0.2) is 0 Å². The number of carbonyl (C=O) groups is 1. The van der Waals surface area contributed by atoms with Crippen LogP contribution in [0.4, 0.5) is 5.82 Å². The van der Waals surface area contributed by atoms with Crippen molar-refractivity contribution >= 4 is 28.9 Å². The average molecular weight is 265 g/mol. The second-order valence-electron chi connectivity index (χ2n) is 4.60. The summed E-state index contributed by atoms with van der Waals surface area (Å²) in [6.07, 6.45) is 1.54. The maximum atomic E-state index is 11.9. The van der Waals surface area contributed by atoms with Crippen molar-refractivity contribution in [3.05, 3.63) is 17.8 Å². The largest absolute Gasteiger partial charge is 0.389 e. The Kier molecular flexibility index (Phi) is 3.16. The Balaban J connectivity index is 2.48. The zero-order chi connectivity index (χ0) is 13.3. The molecule has 1 amide bonds. The van der Waals surface area contributed by atoms with E-state index in [0.717, 1.165) is 0 Å². The minimum Gasteiger partial charge on any atom is -0.389 e. The van der Waals surface area contributed by atoms with Crippen LogP contribution in [-0.4, -0.2) is 39.7 Å². The summed E-state index contributed by atoms with van der Waals surface area (Å²) in [5, 5.41) is 10.8. The average Bonchev–Trinajstić information content (AvgIpc) is 2.32. The number of carbonyl (C=O) groups excluding carboxylic acids is 1. The highest BCUT2D eigenvalue weighted by atomic mass is 32.1. The van der Waals surface area contributed by atoms with E-state index >= 15 is 0 Å². The van der Waals surface area contributed by atoms with Gasteiger partial charge in [0.15, 0.2) is 5.82 Å². The van der Waals surface area contributed by atoms with Crippen molar-refractivity contribution in [2.45, 2.75) is 19.4 Å². The van der Waals surface area contributed by atoms with E-state index in [-0.39, 0.29) is 10.9 Å². The van der Waals surface area contributed by atoms with Crippen molar-refractivity contribution in [2.75, 3.05) is 18.0 Å². The molecule has 18 heavy (non-hydrogen) atoms. The topological polar surface area (TPSA) is 84.1 Å². The summed E-state index contributed by atoms with van der Waals surface area (Å²) in [5.74, 6) is 0.512. The van der Waals surface area contributed by atoms with E-state index in [4.69, 9.17) is 18.0 Å². The van der Waals surface area contributed by atoms with Crippen molar-refractivity contribution in [1.82, 2.24) is 15.5 Å². The number of amides is 1. The van der Waals surface area contributed by atoms with Crippen LogP contribution in [0.25, 0.3) is 0 Å². The van der Waals surface area contributed by atoms with E-state index in [9.17, 15) is 4.79 Å². The fourth-order valence-electron chi connectivity index (χ4n) is 1.99. The van der Waals surface area contributed by atoms with E-state index < -0.39 is 5.54 Å². The number of hydrogen-bond donors (Lipinski definition) is 2. The van der Waals surface area contributed by atoms with E-state index in [1.54, 1.807) is 6.07 Å². The zero-order valence-corrected chi connectivity index (χ0v) is 11.1. The van der Waals surface area contributed by atoms with Crippen LogP contribution in [0, 0.1) is 0 Å². The van der Waals surface area contributed by atoms with Gasteiger partial charge in [0.05, 0.1) is 11.8 Å². The third kappa shape index (κ3) is 2.01. The summed E-state index contributed by atoms with van der Waals surface area (Å²) in [7, 11) is 0. The maximum Gasteiger partial charge on any atom is 0.245 e. The van der Waals surface area contributed by atoms with Gasteiger partial charge in [0.2, 0.25) is 5.91 Å². The van der Waals surface area contributed by atoms with Crippen LogP contribution in [0.1, 0.15) is 19.4 Å². The number of anilines is 1. The molecule has 3 N–H and O–H groups in total. The highest BCUT2D eigenvalue weighted by Crippen LogP contribution is 2.26. The molecule has 0 spiro atoms. The molecule has 2 rings (SSSR count). The van der Waals surface area contributed by atoms with Crippen molar-refractivity contribution in [1.29, 1.82) is 0 Å². The molecule has 1 aliphatic rings. The molecule has 7 heteroatoms. The Morgan fingerprint density at radius 2 is 2.33 bits per heavy atom. The molecule has 0 saturated carbocycles. The lowest BCUT2D eigenvalue weighted by Crippen LogP contribution is -2.62. The third-order valence-electron chi connectivity index (χ3n) is 3.07. The van der Waals surface area contributed by atoms with Gasteiger partial charge in [0.25, 0.3) is 0 Å². The van der Waals surface area contributed by atoms with Crippen molar-refractivity contribution in [2.24, 2.45) is 5.73 Å². The first-order valence-corrected chi connectivity index (χ1v) is 6.03. The molecule has 0 atom stereocenters. The van der Waals surface area contributed by atoms with Crippen LogP contribution in [0.3, 0.4) is 0 Å². The molecule has 96 valence electrons. The van der Waals surface area contributed by atoms with E-state index in [1.807, 2.05) is 18.7 Å². The smallest absolute Gasteiger partial charge is 0.245 e. The van der Waals surface area contributed by atoms with Gasteiger partial charge < -0.3 is 16.0 Å². The summed E-state index contributed by atoms with van der Waals surface area (Å²) in [6.45, 7) is 4.88. The van der Waals surface area contributed by atoms with E-state index in [2.05, 4.69) is 15.5 Å². The number of piperazine rings is 1. The molecule has 0 aromatic carbocycles. The van der Waals surface area contributed by atoms with Crippen LogP contribution in [0.15, 0.2) is 12.3 Å². The minimum absolute atomic E-state index is 0.0479. The number of nitrogens with two attached hydrogens (primary N) is 1. The molecule has 1 aromatic rings. The van der Waals surface area contributed by atoms with Gasteiger partial charge in [-0.1, -0.05) is 12.2 Å². The number of nitrogens with one attached hydrogen (secondary N) is 1. The predicted octanol–water partition coefficient (Wildman–Crippen LogP) is -0.174. The van der Waals surface area contributed by atoms with Crippen LogP contribution < -0.4 is 16.0 Å². The van der Waals surface area contributed by atoms with Crippen molar-refractivity contribution in [3.8, 4) is 0 Å². The predicted molar refractivity (Wildman–Crippen MR) is 72.4 cm³/mol. The molecular weight excluding hydrogens is 250 g/mol. The van der Waals surface area contributed by atoms with Gasteiger partial charge in [-0.15, -0.1) is 5.10 Å². The lowest BCUT2D eigenvalue weighted by Gasteiger charge is -2.42. The summed E-state index contributed by atoms with van der Waals surface area (Å²) in [6, 6.07) is 1.72. The first-order chi connectivity index (χ1) is 8.44. The van der Waals surface area contributed by atoms with E-state index in [0.29, 0.717) is 24.5 Å². The monoisotopic (exact) mass is 265 g/mol. The molecule has 2 heterocycles. The number of hydrogen-bond acceptors (Lipinski definition) is 5. The normalized spacial score (nSPS) is 18.3. The molecule has 1 fully saturated rings. The molecule has 0 aliphatic carbocycles. The van der Waals surface area contributed by atoms with Crippen LogP contribution in [-0.2, 0) is 4.79 Å². The van der Waals surface area contributed by atoms with Crippen LogP contribution in [0.5, 0.6) is 0 Å². The standard InChI is InChI=1S/C11H15N5OS/c1-11(2)10(17)13-5-6-16(11)9-7(8(12)18)3-4-14-15-9/h3-4H,5-6H2,1-2H3,(H2,12,18)(H,13,17). The van der Waals surface area contributed by atoms with Crippen LogP contribution in [0.2, 0.25) is 0 Å². The molecule has 0 bridgehead atoms. The van der Waals surface area contributed by atoms with Gasteiger partial charge in [-0.3, -0.25) is 4.79 Å². The Hall–Kier alpha value is -1.76. The molecule has 0 unspecified atom stereocenters. The Morgan fingerprint density at radius 1 is 1.61 bits per heavy atom. The quantitative estimate of drug-likeness (QED) is 0.722. The molecule has 1 saturated heterocycles. The van der Waals surface area contributed by atoms with Gasteiger partial charge >= 0.3 is 0 Å². The van der Waals surface area contributed by atoms with E-state index in [1.165, 1.54) is 6.20 Å². The van der Waals surface area contributed by atoms with Gasteiger partial charge in [0, 0.05) is 13.1 Å². The fourth-order valence-corrected chi connectivity index (χ4v) is 2.15. The third-order valence-corrected chi connectivity index (χ3v) is 3.29. The lowest BCUT2D eigenvalue weighted by atomic mass is 9.98. The van der Waals surface area contributed by atoms with Gasteiger partial charge in [-0.2, -0.15) is 5.10 Å². The van der Waals surface area contributed by atoms with Gasteiger partial charge in [0.1, 0.15) is 10.5 Å². The zero-order valence-electron chi connectivity index (χ0n) is 10.3.